The van der Waals surface area contributed by atoms with Gasteiger partial charge in [-0.1, -0.05) is 35.6 Å². The summed E-state index contributed by atoms with van der Waals surface area (Å²) in [5.41, 5.74) is 4.38. The van der Waals surface area contributed by atoms with Gasteiger partial charge in [0.1, 0.15) is 11.3 Å². The number of rotatable bonds is 7. The third-order valence-electron chi connectivity index (χ3n) is 4.03. The second-order valence-electron chi connectivity index (χ2n) is 6.04. The molecule has 0 fully saturated rings. The molecule has 0 saturated carbocycles. The molecule has 0 aliphatic carbocycles. The maximum Gasteiger partial charge on any atom is 0.259 e. The Morgan fingerprint density at radius 3 is 2.64 bits per heavy atom. The molecule has 1 aromatic carbocycles. The molecule has 0 atom stereocenters. The Balaban J connectivity index is 1.30. The normalized spacial score (nSPS) is 10.6. The van der Waals surface area contributed by atoms with E-state index in [4.69, 9.17) is 0 Å². The van der Waals surface area contributed by atoms with E-state index >= 15 is 0 Å². The van der Waals surface area contributed by atoms with Crippen LogP contribution in [0.3, 0.4) is 0 Å². The summed E-state index contributed by atoms with van der Waals surface area (Å²) in [7, 11) is 0. The van der Waals surface area contributed by atoms with Gasteiger partial charge in [0, 0.05) is 31.7 Å². The van der Waals surface area contributed by atoms with Crippen LogP contribution >= 0.6 is 11.3 Å². The van der Waals surface area contributed by atoms with Crippen molar-refractivity contribution in [1.29, 1.82) is 0 Å². The lowest BCUT2D eigenvalue weighted by Crippen LogP contribution is -2.12. The Kier molecular flexibility index (Phi) is 5.34. The lowest BCUT2D eigenvalue weighted by atomic mass is 10.1. The number of carbonyl (C=O) groups excluding carboxylic acids is 1. The Bertz CT molecular complexity index is 1010. The smallest absolute Gasteiger partial charge is 0.259 e. The van der Waals surface area contributed by atoms with Crippen molar-refractivity contribution in [2.45, 2.75) is 13.1 Å². The van der Waals surface area contributed by atoms with Gasteiger partial charge in [0.2, 0.25) is 5.13 Å². The van der Waals surface area contributed by atoms with Crippen LogP contribution in [0.15, 0.2) is 66.8 Å². The van der Waals surface area contributed by atoms with Gasteiger partial charge in [-0.2, -0.15) is 0 Å². The fourth-order valence-corrected chi connectivity index (χ4v) is 3.02. The zero-order chi connectivity index (χ0) is 19.2. The molecule has 2 N–H and O–H groups in total. The minimum absolute atomic E-state index is 0.260. The molecule has 8 nitrogen and oxygen atoms in total. The van der Waals surface area contributed by atoms with Gasteiger partial charge in [0.05, 0.1) is 11.9 Å². The maximum atomic E-state index is 12.1. The molecule has 3 aromatic heterocycles. The van der Waals surface area contributed by atoms with Gasteiger partial charge < -0.3 is 9.88 Å². The van der Waals surface area contributed by atoms with Crippen molar-refractivity contribution in [2.24, 2.45) is 0 Å². The third kappa shape index (κ3) is 4.57. The summed E-state index contributed by atoms with van der Waals surface area (Å²) in [4.78, 5) is 20.5. The number of anilines is 2. The molecular formula is C19H17N7OS. The number of hydrogen-bond donors (Lipinski definition) is 2. The van der Waals surface area contributed by atoms with Gasteiger partial charge in [-0.05, 0) is 23.3 Å². The van der Waals surface area contributed by atoms with Crippen LogP contribution in [0.25, 0.3) is 0 Å². The van der Waals surface area contributed by atoms with Gasteiger partial charge in [0.15, 0.2) is 0 Å². The van der Waals surface area contributed by atoms with Crippen molar-refractivity contribution in [2.75, 3.05) is 10.6 Å². The molecule has 28 heavy (non-hydrogen) atoms. The molecule has 0 spiro atoms. The van der Waals surface area contributed by atoms with E-state index in [1.807, 2.05) is 10.8 Å². The predicted molar refractivity (Wildman–Crippen MR) is 107 cm³/mol. The lowest BCUT2D eigenvalue weighted by Gasteiger charge is -2.08. The fourth-order valence-electron chi connectivity index (χ4n) is 2.58. The Hall–Kier alpha value is -3.59. The minimum atomic E-state index is -0.260. The number of hydrogen-bond acceptors (Lipinski definition) is 7. The first-order valence-electron chi connectivity index (χ1n) is 8.57. The highest BCUT2D eigenvalue weighted by molar-refractivity contribution is 7.13. The number of carbonyl (C=O) groups is 1. The molecule has 0 aliphatic rings. The highest BCUT2D eigenvalue weighted by Crippen LogP contribution is 2.13. The van der Waals surface area contributed by atoms with Crippen LogP contribution in [0.5, 0.6) is 0 Å². The molecule has 0 bridgehead atoms. The maximum absolute atomic E-state index is 12.1. The van der Waals surface area contributed by atoms with E-state index in [0.29, 0.717) is 23.1 Å². The topological polar surface area (TPSA) is 97.6 Å². The summed E-state index contributed by atoms with van der Waals surface area (Å²) in [5.74, 6) is 0.444. The SMILES string of the molecule is O=C(Nc1nncs1)c1ccc(NCc2ccc(Cn3ccnc3)cc2)nc1. The molecule has 4 aromatic rings. The molecule has 0 aliphatic heterocycles. The van der Waals surface area contributed by atoms with E-state index < -0.39 is 0 Å². The van der Waals surface area contributed by atoms with Gasteiger partial charge >= 0.3 is 0 Å². The molecule has 3 heterocycles. The van der Waals surface area contributed by atoms with Crippen LogP contribution in [-0.2, 0) is 13.1 Å². The monoisotopic (exact) mass is 391 g/mol. The minimum Gasteiger partial charge on any atom is -0.366 e. The summed E-state index contributed by atoms with van der Waals surface area (Å²) < 4.78 is 2.03. The highest BCUT2D eigenvalue weighted by atomic mass is 32.1. The van der Waals surface area contributed by atoms with E-state index in [0.717, 1.165) is 12.1 Å². The molecule has 0 saturated heterocycles. The fraction of sp³-hybridized carbons (Fsp3) is 0.105. The van der Waals surface area contributed by atoms with Crippen molar-refractivity contribution in [3.05, 3.63) is 83.5 Å². The number of amides is 1. The number of imidazole rings is 1. The van der Waals surface area contributed by atoms with E-state index in [-0.39, 0.29) is 5.91 Å². The third-order valence-corrected chi connectivity index (χ3v) is 4.63. The first kappa shape index (κ1) is 17.8. The van der Waals surface area contributed by atoms with Crippen LogP contribution in [0.4, 0.5) is 10.9 Å². The van der Waals surface area contributed by atoms with Crippen molar-refractivity contribution < 1.29 is 4.79 Å². The van der Waals surface area contributed by atoms with Crippen LogP contribution in [0, 0.1) is 0 Å². The van der Waals surface area contributed by atoms with Crippen LogP contribution in [-0.4, -0.2) is 30.6 Å². The summed E-state index contributed by atoms with van der Waals surface area (Å²) in [6.45, 7) is 1.45. The second-order valence-corrected chi connectivity index (χ2v) is 6.87. The zero-order valence-electron chi connectivity index (χ0n) is 14.8. The number of nitrogens with one attached hydrogen (secondary N) is 2. The first-order chi connectivity index (χ1) is 13.8. The summed E-state index contributed by atoms with van der Waals surface area (Å²) >= 11 is 1.27. The second kappa shape index (κ2) is 8.40. The van der Waals surface area contributed by atoms with Gasteiger partial charge in [0.25, 0.3) is 5.91 Å². The number of nitrogens with zero attached hydrogens (tertiary/aromatic N) is 5. The van der Waals surface area contributed by atoms with Gasteiger partial charge in [-0.25, -0.2) is 9.97 Å². The standard InChI is InChI=1S/C19H17N7OS/c27-18(24-19-25-23-13-28-19)16-5-6-17(22-10-16)21-9-14-1-3-15(4-2-14)11-26-8-7-20-12-26/h1-8,10,12-13H,9,11H2,(H,21,22)(H,24,25,27). The molecule has 1 amide bonds. The average Bonchev–Trinajstić information content (AvgIpc) is 3.42. The molecule has 9 heteroatoms. The molecule has 140 valence electrons. The van der Waals surface area contributed by atoms with Crippen molar-refractivity contribution >= 4 is 28.2 Å². The summed E-state index contributed by atoms with van der Waals surface area (Å²) in [6, 6.07) is 11.9. The Morgan fingerprint density at radius 1 is 1.11 bits per heavy atom. The molecule has 0 unspecified atom stereocenters. The first-order valence-corrected chi connectivity index (χ1v) is 9.45. The van der Waals surface area contributed by atoms with Crippen molar-refractivity contribution in [3.63, 3.8) is 0 Å². The molecule has 4 rings (SSSR count). The molecule has 0 radical (unpaired) electrons. The van der Waals surface area contributed by atoms with Gasteiger partial charge in [-0.3, -0.25) is 10.1 Å². The summed E-state index contributed by atoms with van der Waals surface area (Å²) in [5, 5.41) is 13.9. The lowest BCUT2D eigenvalue weighted by molar-refractivity contribution is 0.102. The van der Waals surface area contributed by atoms with E-state index in [2.05, 4.69) is 55.1 Å². The van der Waals surface area contributed by atoms with Crippen LogP contribution < -0.4 is 10.6 Å². The Labute approximate surface area is 165 Å². The van der Waals surface area contributed by atoms with Crippen molar-refractivity contribution in [1.82, 2.24) is 24.7 Å². The summed E-state index contributed by atoms with van der Waals surface area (Å²) in [6.07, 6.45) is 7.06. The van der Waals surface area contributed by atoms with Gasteiger partial charge in [-0.15, -0.1) is 10.2 Å². The quantitative estimate of drug-likeness (QED) is 0.503. The highest BCUT2D eigenvalue weighted by Gasteiger charge is 2.08. The van der Waals surface area contributed by atoms with Crippen molar-refractivity contribution in [3.8, 4) is 0 Å². The Morgan fingerprint density at radius 2 is 1.96 bits per heavy atom. The zero-order valence-corrected chi connectivity index (χ0v) is 15.6. The van der Waals surface area contributed by atoms with E-state index in [1.165, 1.54) is 23.1 Å². The van der Waals surface area contributed by atoms with E-state index in [9.17, 15) is 4.79 Å². The number of benzene rings is 1. The average molecular weight is 391 g/mol. The van der Waals surface area contributed by atoms with E-state index in [1.54, 1.807) is 30.2 Å². The largest absolute Gasteiger partial charge is 0.366 e. The van der Waals surface area contributed by atoms with Crippen LogP contribution in [0.1, 0.15) is 21.5 Å². The number of pyridine rings is 1. The predicted octanol–water partition coefficient (Wildman–Crippen LogP) is 3.04. The molecular weight excluding hydrogens is 374 g/mol. The number of aromatic nitrogens is 5. The van der Waals surface area contributed by atoms with Crippen LogP contribution in [0.2, 0.25) is 0 Å².